The van der Waals surface area contributed by atoms with Crippen LogP contribution in [0.5, 0.6) is 5.75 Å². The first-order chi connectivity index (χ1) is 9.73. The van der Waals surface area contributed by atoms with Gasteiger partial charge in [0.2, 0.25) is 6.80 Å². The van der Waals surface area contributed by atoms with Crippen LogP contribution in [0.3, 0.4) is 0 Å². The summed E-state index contributed by atoms with van der Waals surface area (Å²) in [5, 5.41) is 0. The van der Waals surface area contributed by atoms with Crippen LogP contribution in [0.2, 0.25) is 0 Å². The van der Waals surface area contributed by atoms with E-state index < -0.39 is 6.80 Å². The largest absolute Gasteiger partial charge is 1.00 e. The summed E-state index contributed by atoms with van der Waals surface area (Å²) in [7, 11) is 0. The topological polar surface area (TPSA) is 49.4 Å². The van der Waals surface area contributed by atoms with E-state index in [0.717, 1.165) is 33.6 Å². The van der Waals surface area contributed by atoms with Crippen LogP contribution >= 0.6 is 18.2 Å². The SMILES string of the molecule is Cc1cc(C)cc(OP(=O)([O-])Sc2cc(C)cc(C)c2)c1.[Na+]. The fourth-order valence-corrected chi connectivity index (χ4v) is 4.85. The third kappa shape index (κ3) is 6.11. The van der Waals surface area contributed by atoms with Gasteiger partial charge in [0.1, 0.15) is 5.75 Å². The van der Waals surface area contributed by atoms with Crippen molar-refractivity contribution in [2.75, 3.05) is 0 Å². The Kier molecular flexibility index (Phi) is 7.25. The maximum atomic E-state index is 12.2. The number of benzene rings is 2. The summed E-state index contributed by atoms with van der Waals surface area (Å²) in [6, 6.07) is 11.1. The summed E-state index contributed by atoms with van der Waals surface area (Å²) in [6.45, 7) is 3.65. The average molecular weight is 344 g/mol. The van der Waals surface area contributed by atoms with Gasteiger partial charge < -0.3 is 9.42 Å². The van der Waals surface area contributed by atoms with E-state index in [1.165, 1.54) is 0 Å². The summed E-state index contributed by atoms with van der Waals surface area (Å²) in [5.41, 5.74) is 4.01. The van der Waals surface area contributed by atoms with Crippen LogP contribution in [0, 0.1) is 27.7 Å². The molecule has 0 amide bonds. The molecule has 0 aliphatic carbocycles. The Bertz CT molecular complexity index is 621. The first-order valence-electron chi connectivity index (χ1n) is 6.60. The van der Waals surface area contributed by atoms with Crippen molar-refractivity contribution in [1.82, 2.24) is 0 Å². The van der Waals surface area contributed by atoms with Gasteiger partial charge in [0, 0.05) is 4.90 Å². The summed E-state index contributed by atoms with van der Waals surface area (Å²) >= 11 is 0.759. The van der Waals surface area contributed by atoms with E-state index >= 15 is 0 Å². The van der Waals surface area contributed by atoms with E-state index in [0.29, 0.717) is 10.6 Å². The van der Waals surface area contributed by atoms with E-state index in [1.54, 1.807) is 12.1 Å². The predicted octanol–water partition coefficient (Wildman–Crippen LogP) is 1.56. The van der Waals surface area contributed by atoms with Crippen LogP contribution < -0.4 is 39.0 Å². The van der Waals surface area contributed by atoms with Gasteiger partial charge in [-0.25, -0.2) is 0 Å². The first kappa shape index (κ1) is 19.8. The molecule has 0 fully saturated rings. The molecule has 0 saturated carbocycles. The molecule has 0 saturated heterocycles. The zero-order chi connectivity index (χ0) is 15.6. The molecule has 0 aliphatic heterocycles. The summed E-state index contributed by atoms with van der Waals surface area (Å²) in [6.07, 6.45) is 0. The molecule has 2 rings (SSSR count). The average Bonchev–Trinajstić information content (AvgIpc) is 2.23. The Hall–Kier alpha value is -0.220. The van der Waals surface area contributed by atoms with Crippen LogP contribution in [0.25, 0.3) is 0 Å². The van der Waals surface area contributed by atoms with Crippen molar-refractivity contribution in [2.24, 2.45) is 0 Å². The van der Waals surface area contributed by atoms with Gasteiger partial charge in [0.15, 0.2) is 0 Å². The van der Waals surface area contributed by atoms with Gasteiger partial charge in [0.05, 0.1) is 0 Å². The molecule has 0 N–H and O–H groups in total. The van der Waals surface area contributed by atoms with Gasteiger partial charge in [-0.1, -0.05) is 12.1 Å². The zero-order valence-corrected chi connectivity index (χ0v) is 17.3. The molecule has 112 valence electrons. The maximum Gasteiger partial charge on any atom is 1.00 e. The number of aryl methyl sites for hydroxylation is 4. The van der Waals surface area contributed by atoms with Crippen molar-refractivity contribution < 1.29 is 43.5 Å². The van der Waals surface area contributed by atoms with E-state index in [1.807, 2.05) is 52.0 Å². The fraction of sp³-hybridized carbons (Fsp3) is 0.250. The van der Waals surface area contributed by atoms with Crippen LogP contribution in [0.1, 0.15) is 22.3 Å². The van der Waals surface area contributed by atoms with Crippen molar-refractivity contribution >= 4 is 18.2 Å². The summed E-state index contributed by atoms with van der Waals surface area (Å²) in [5.74, 6) is 0.364. The molecule has 0 aliphatic rings. The molecule has 0 aromatic heterocycles. The second-order valence-corrected chi connectivity index (χ2v) is 8.90. The normalized spacial score (nSPS) is 13.1. The Morgan fingerprint density at radius 1 is 0.864 bits per heavy atom. The van der Waals surface area contributed by atoms with Crippen molar-refractivity contribution in [1.29, 1.82) is 0 Å². The quantitative estimate of drug-likeness (QED) is 0.624. The third-order valence-electron chi connectivity index (χ3n) is 2.82. The van der Waals surface area contributed by atoms with E-state index in [9.17, 15) is 9.46 Å². The number of hydrogen-bond donors (Lipinski definition) is 0. The molecule has 0 radical (unpaired) electrons. The van der Waals surface area contributed by atoms with Gasteiger partial charge >= 0.3 is 29.6 Å². The molecule has 0 bridgehead atoms. The molecule has 2 aromatic carbocycles. The van der Waals surface area contributed by atoms with Gasteiger partial charge in [0.25, 0.3) is 0 Å². The van der Waals surface area contributed by atoms with Crippen molar-refractivity contribution in [3.05, 3.63) is 58.7 Å². The number of rotatable bonds is 4. The summed E-state index contributed by atoms with van der Waals surface area (Å²) in [4.78, 5) is 12.9. The standard InChI is InChI=1S/C16H19O3PS.Na/c1-11-5-12(2)8-15(7-11)19-20(17,18)21-16-9-13(3)6-14(4)10-16;/h5-10H,1-4H3,(H,17,18);/q;+1/p-1. The van der Waals surface area contributed by atoms with Gasteiger partial charge in [-0.15, -0.1) is 0 Å². The minimum Gasteiger partial charge on any atom is -0.760 e. The zero-order valence-electron chi connectivity index (χ0n) is 13.5. The second-order valence-electron chi connectivity index (χ2n) is 5.28. The molecule has 1 unspecified atom stereocenters. The molecule has 0 spiro atoms. The maximum absolute atomic E-state index is 12.2. The second kappa shape index (κ2) is 8.05. The summed E-state index contributed by atoms with van der Waals surface area (Å²) < 4.78 is 17.4. The monoisotopic (exact) mass is 344 g/mol. The van der Waals surface area contributed by atoms with Gasteiger partial charge in [-0.05, 0) is 85.6 Å². The molecule has 2 aromatic rings. The van der Waals surface area contributed by atoms with Gasteiger partial charge in [-0.2, -0.15) is 0 Å². The Morgan fingerprint density at radius 2 is 1.27 bits per heavy atom. The predicted molar refractivity (Wildman–Crippen MR) is 85.9 cm³/mol. The van der Waals surface area contributed by atoms with Crippen LogP contribution in [0.15, 0.2) is 41.3 Å². The smallest absolute Gasteiger partial charge is 0.760 e. The molecular weight excluding hydrogens is 326 g/mol. The number of hydrogen-bond acceptors (Lipinski definition) is 4. The minimum absolute atomic E-state index is 0. The Balaban J connectivity index is 0.00000242. The first-order valence-corrected chi connectivity index (χ1v) is 9.57. The van der Waals surface area contributed by atoms with Crippen LogP contribution in [0.4, 0.5) is 0 Å². The molecule has 22 heavy (non-hydrogen) atoms. The van der Waals surface area contributed by atoms with Gasteiger partial charge in [-0.3, -0.25) is 4.57 Å². The van der Waals surface area contributed by atoms with E-state index in [-0.39, 0.29) is 29.6 Å². The van der Waals surface area contributed by atoms with Crippen LogP contribution in [-0.2, 0) is 4.57 Å². The fourth-order valence-electron chi connectivity index (χ4n) is 2.25. The van der Waals surface area contributed by atoms with Crippen molar-refractivity contribution in [3.8, 4) is 5.75 Å². The molecule has 1 atom stereocenters. The van der Waals surface area contributed by atoms with E-state index in [4.69, 9.17) is 4.52 Å². The molecule has 3 nitrogen and oxygen atoms in total. The van der Waals surface area contributed by atoms with Crippen molar-refractivity contribution in [2.45, 2.75) is 32.6 Å². The van der Waals surface area contributed by atoms with Crippen LogP contribution in [-0.4, -0.2) is 0 Å². The molecule has 0 heterocycles. The van der Waals surface area contributed by atoms with Crippen molar-refractivity contribution in [3.63, 3.8) is 0 Å². The minimum atomic E-state index is -4.05. The van der Waals surface area contributed by atoms with E-state index in [2.05, 4.69) is 0 Å². The molecule has 6 heteroatoms. The molecular formula is C16H18NaO3PS. The Labute approximate surface area is 158 Å². The Morgan fingerprint density at radius 3 is 1.73 bits per heavy atom. The third-order valence-corrected chi connectivity index (χ3v) is 5.46.